The van der Waals surface area contributed by atoms with Crippen LogP contribution >= 0.6 is 27.5 Å². The van der Waals surface area contributed by atoms with Gasteiger partial charge < -0.3 is 0 Å². The van der Waals surface area contributed by atoms with Gasteiger partial charge in [-0.15, -0.1) is 10.2 Å². The third-order valence-electron chi connectivity index (χ3n) is 5.54. The van der Waals surface area contributed by atoms with E-state index in [0.29, 0.717) is 22.1 Å². The molecule has 176 valence electrons. The van der Waals surface area contributed by atoms with Crippen molar-refractivity contribution in [3.8, 4) is 0 Å². The Morgan fingerprint density at radius 1 is 0.722 bits per heavy atom. The molecule has 0 radical (unpaired) electrons. The molecule has 0 bridgehead atoms. The number of hydrogen-bond acceptors (Lipinski definition) is 4. The number of rotatable bonds is 5. The topological polar surface area (TPSA) is 72.1 Å². The van der Waals surface area contributed by atoms with Gasteiger partial charge in [-0.1, -0.05) is 88.2 Å². The van der Waals surface area contributed by atoms with Gasteiger partial charge in [0.05, 0.1) is 11.4 Å². The second-order valence-electron chi connectivity index (χ2n) is 7.86. The zero-order chi connectivity index (χ0) is 25.1. The number of nitrogens with zero attached hydrogens (tertiary/aromatic N) is 4. The smallest absolute Gasteiger partial charge is 0.281 e. The first kappa shape index (κ1) is 23.7. The molecule has 0 atom stereocenters. The molecule has 2 amide bonds. The highest BCUT2D eigenvalue weighted by atomic mass is 79.9. The van der Waals surface area contributed by atoms with E-state index in [1.807, 2.05) is 72.8 Å². The van der Waals surface area contributed by atoms with Gasteiger partial charge in [0.25, 0.3) is 0 Å². The Bertz CT molecular complexity index is 1430. The molecule has 1 saturated heterocycles. The summed E-state index contributed by atoms with van der Waals surface area (Å²) in [6.07, 6.45) is 0. The van der Waals surface area contributed by atoms with Crippen molar-refractivity contribution in [1.29, 1.82) is 5.41 Å². The Morgan fingerprint density at radius 2 is 1.22 bits per heavy atom. The zero-order valence-corrected chi connectivity index (χ0v) is 21.2. The van der Waals surface area contributed by atoms with Crippen molar-refractivity contribution in [2.75, 3.05) is 9.80 Å². The highest BCUT2D eigenvalue weighted by Gasteiger charge is 2.42. The van der Waals surface area contributed by atoms with E-state index >= 15 is 0 Å². The van der Waals surface area contributed by atoms with Crippen LogP contribution in [0.25, 0.3) is 0 Å². The molecule has 1 fully saturated rings. The van der Waals surface area contributed by atoms with Crippen LogP contribution in [0.15, 0.2) is 124 Å². The number of benzene rings is 4. The lowest BCUT2D eigenvalue weighted by Crippen LogP contribution is -2.33. The Morgan fingerprint density at radius 3 is 1.78 bits per heavy atom. The van der Waals surface area contributed by atoms with E-state index in [9.17, 15) is 4.79 Å². The van der Waals surface area contributed by atoms with E-state index < -0.39 is 6.03 Å². The normalized spacial score (nSPS) is 14.4. The number of nitrogens with one attached hydrogen (secondary N) is 1. The van der Waals surface area contributed by atoms with E-state index in [1.54, 1.807) is 36.4 Å². The highest BCUT2D eigenvalue weighted by molar-refractivity contribution is 9.10. The summed E-state index contributed by atoms with van der Waals surface area (Å²) in [5.74, 6) is 0.0242. The fourth-order valence-corrected chi connectivity index (χ4v) is 4.20. The first-order valence-corrected chi connectivity index (χ1v) is 12.2. The molecule has 0 saturated carbocycles. The third-order valence-corrected chi connectivity index (χ3v) is 6.32. The Balaban J connectivity index is 1.65. The Hall–Kier alpha value is -4.07. The average Bonchev–Trinajstić information content (AvgIpc) is 3.15. The number of urea groups is 1. The predicted molar refractivity (Wildman–Crippen MR) is 150 cm³/mol. The van der Waals surface area contributed by atoms with Crippen LogP contribution in [0.3, 0.4) is 0 Å². The fourth-order valence-electron chi connectivity index (χ4n) is 3.81. The molecule has 1 aliphatic rings. The first-order chi connectivity index (χ1) is 17.5. The Kier molecular flexibility index (Phi) is 6.75. The molecular formula is C28H19BrClN5O. The molecule has 5 rings (SSSR count). The molecular weight excluding hydrogens is 538 g/mol. The minimum Gasteiger partial charge on any atom is -0.281 e. The minimum absolute atomic E-state index is 0.0885. The van der Waals surface area contributed by atoms with Crippen molar-refractivity contribution in [3.63, 3.8) is 0 Å². The summed E-state index contributed by atoms with van der Waals surface area (Å²) >= 11 is 9.48. The molecule has 36 heavy (non-hydrogen) atoms. The summed E-state index contributed by atoms with van der Waals surface area (Å²) in [6, 6.07) is 32.9. The molecule has 1 N–H and O–H groups in total. The van der Waals surface area contributed by atoms with E-state index in [-0.39, 0.29) is 11.7 Å². The van der Waals surface area contributed by atoms with Crippen molar-refractivity contribution in [1.82, 2.24) is 0 Å². The molecule has 0 unspecified atom stereocenters. The van der Waals surface area contributed by atoms with Gasteiger partial charge in [-0.25, -0.2) is 14.6 Å². The summed E-state index contributed by atoms with van der Waals surface area (Å²) in [4.78, 5) is 16.3. The van der Waals surface area contributed by atoms with Crippen LogP contribution < -0.4 is 9.80 Å². The quantitative estimate of drug-likeness (QED) is 0.202. The van der Waals surface area contributed by atoms with Gasteiger partial charge >= 0.3 is 6.03 Å². The van der Waals surface area contributed by atoms with E-state index in [1.165, 1.54) is 9.80 Å². The summed E-state index contributed by atoms with van der Waals surface area (Å²) in [7, 11) is 0. The lowest BCUT2D eigenvalue weighted by molar-refractivity contribution is 0.257. The van der Waals surface area contributed by atoms with Crippen LogP contribution in [0.4, 0.5) is 16.2 Å². The van der Waals surface area contributed by atoms with Gasteiger partial charge in [-0.3, -0.25) is 5.41 Å². The largest absolute Gasteiger partial charge is 0.340 e. The summed E-state index contributed by atoms with van der Waals surface area (Å²) in [5.41, 5.74) is 3.45. The third kappa shape index (κ3) is 4.71. The second kappa shape index (κ2) is 10.3. The lowest BCUT2D eigenvalue weighted by Gasteiger charge is -2.17. The van der Waals surface area contributed by atoms with Gasteiger partial charge in [0.1, 0.15) is 5.71 Å². The number of carbonyl (C=O) groups excluding carboxylic acids is 1. The van der Waals surface area contributed by atoms with Crippen LogP contribution in [0.1, 0.15) is 11.1 Å². The molecule has 4 aromatic rings. The molecule has 0 aromatic heterocycles. The molecule has 0 spiro atoms. The maximum atomic E-state index is 13.6. The number of anilines is 2. The molecule has 0 aliphatic carbocycles. The maximum absolute atomic E-state index is 13.6. The van der Waals surface area contributed by atoms with E-state index in [4.69, 9.17) is 17.0 Å². The summed E-state index contributed by atoms with van der Waals surface area (Å²) < 4.78 is 0.870. The number of amides is 2. The average molecular weight is 557 g/mol. The summed E-state index contributed by atoms with van der Waals surface area (Å²) in [6.45, 7) is 0. The number of carbonyl (C=O) groups is 1. The number of halogens is 2. The monoisotopic (exact) mass is 555 g/mol. The van der Waals surface area contributed by atoms with Gasteiger partial charge in [0.15, 0.2) is 5.84 Å². The van der Waals surface area contributed by atoms with Gasteiger partial charge in [-0.2, -0.15) is 0 Å². The van der Waals surface area contributed by atoms with Crippen molar-refractivity contribution in [2.24, 2.45) is 10.2 Å². The highest BCUT2D eigenvalue weighted by Crippen LogP contribution is 2.29. The minimum atomic E-state index is -0.431. The maximum Gasteiger partial charge on any atom is 0.340 e. The van der Waals surface area contributed by atoms with Crippen LogP contribution in [0.2, 0.25) is 5.02 Å². The Labute approximate surface area is 221 Å². The SMILES string of the molecule is N=C1/C(=N\N=C(c2ccccc2)c2ccccc2)N(c2ccc(Br)cc2)C(=O)N1c1ccc(Cl)cc1. The lowest BCUT2D eigenvalue weighted by atomic mass is 10.0. The number of amidine groups is 2. The fraction of sp³-hybridized carbons (Fsp3) is 0. The second-order valence-corrected chi connectivity index (χ2v) is 9.21. The van der Waals surface area contributed by atoms with Crippen LogP contribution in [-0.2, 0) is 0 Å². The van der Waals surface area contributed by atoms with Crippen molar-refractivity contribution in [3.05, 3.63) is 130 Å². The van der Waals surface area contributed by atoms with Crippen LogP contribution in [0, 0.1) is 5.41 Å². The predicted octanol–water partition coefficient (Wildman–Crippen LogP) is 7.38. The van der Waals surface area contributed by atoms with Gasteiger partial charge in [0.2, 0.25) is 5.84 Å². The molecule has 6 nitrogen and oxygen atoms in total. The molecule has 1 aliphatic heterocycles. The number of hydrogen-bond donors (Lipinski definition) is 1. The van der Waals surface area contributed by atoms with E-state index in [2.05, 4.69) is 26.1 Å². The van der Waals surface area contributed by atoms with Crippen molar-refractivity contribution in [2.45, 2.75) is 0 Å². The molecule has 8 heteroatoms. The van der Waals surface area contributed by atoms with Crippen LogP contribution in [-0.4, -0.2) is 23.4 Å². The molecule has 4 aromatic carbocycles. The first-order valence-electron chi connectivity index (χ1n) is 11.0. The zero-order valence-electron chi connectivity index (χ0n) is 18.8. The summed E-state index contributed by atoms with van der Waals surface area (Å²) in [5, 5.41) is 18.5. The molecule has 1 heterocycles. The van der Waals surface area contributed by atoms with Gasteiger partial charge in [-0.05, 0) is 48.5 Å². The van der Waals surface area contributed by atoms with Gasteiger partial charge in [0, 0.05) is 20.6 Å². The van der Waals surface area contributed by atoms with E-state index in [0.717, 1.165) is 15.6 Å². The van der Waals surface area contributed by atoms with Crippen molar-refractivity contribution < 1.29 is 4.79 Å². The van der Waals surface area contributed by atoms with Crippen molar-refractivity contribution >= 4 is 62.3 Å². The van der Waals surface area contributed by atoms with Crippen LogP contribution in [0.5, 0.6) is 0 Å². The standard InChI is InChI=1S/C28H19BrClN5O/c29-21-11-15-24(16-12-21)35-27(26(31)34(28(35)36)23-17-13-22(30)14-18-23)33-32-25(19-7-3-1-4-8-19)20-9-5-2-6-10-20/h1-18,31H/b31-26?,33-27+.